The molecule has 0 aliphatic carbocycles. The maximum Gasteiger partial charge on any atom is 0.241 e. The average molecular weight is 314 g/mol. The van der Waals surface area contributed by atoms with E-state index in [-0.39, 0.29) is 6.10 Å². The van der Waals surface area contributed by atoms with Crippen LogP contribution in [-0.4, -0.2) is 56.8 Å². The highest BCUT2D eigenvalue weighted by atomic mass is 16.5. The molecule has 0 spiro atoms. The Morgan fingerprint density at radius 1 is 1.35 bits per heavy atom. The van der Waals surface area contributed by atoms with E-state index in [4.69, 9.17) is 9.47 Å². The molecule has 1 N–H and O–H groups in total. The Kier molecular flexibility index (Phi) is 3.68. The lowest BCUT2D eigenvalue weighted by Gasteiger charge is -2.17. The Balaban J connectivity index is 1.70. The zero-order valence-electron chi connectivity index (χ0n) is 12.8. The predicted octanol–water partition coefficient (Wildman–Crippen LogP) is 0.497. The van der Waals surface area contributed by atoms with Crippen molar-refractivity contribution in [3.8, 4) is 17.1 Å². The number of nitrogens with one attached hydrogen (secondary N) is 1. The molecule has 3 aromatic rings. The fourth-order valence-corrected chi connectivity index (χ4v) is 2.59. The van der Waals surface area contributed by atoms with E-state index in [1.165, 1.54) is 0 Å². The Morgan fingerprint density at radius 2 is 2.30 bits per heavy atom. The third-order valence-electron chi connectivity index (χ3n) is 3.73. The second-order valence-electron chi connectivity index (χ2n) is 5.51. The van der Waals surface area contributed by atoms with Crippen molar-refractivity contribution in [3.05, 3.63) is 30.9 Å². The van der Waals surface area contributed by atoms with Crippen molar-refractivity contribution >= 4 is 5.52 Å². The van der Waals surface area contributed by atoms with Gasteiger partial charge < -0.3 is 14.8 Å². The van der Waals surface area contributed by atoms with Crippen molar-refractivity contribution in [3.63, 3.8) is 0 Å². The summed E-state index contributed by atoms with van der Waals surface area (Å²) in [6.07, 6.45) is 7.22. The fraction of sp³-hybridized carbons (Fsp3) is 0.400. The largest absolute Gasteiger partial charge is 0.469 e. The summed E-state index contributed by atoms with van der Waals surface area (Å²) >= 11 is 0. The van der Waals surface area contributed by atoms with Crippen molar-refractivity contribution in [1.29, 1.82) is 0 Å². The van der Waals surface area contributed by atoms with Gasteiger partial charge in [-0.1, -0.05) is 0 Å². The maximum atomic E-state index is 6.09. The first-order valence-electron chi connectivity index (χ1n) is 7.58. The molecule has 0 aromatic carbocycles. The van der Waals surface area contributed by atoms with Gasteiger partial charge in [0.1, 0.15) is 11.6 Å². The molecule has 3 aromatic heterocycles. The normalized spacial score (nSPS) is 18.9. The van der Waals surface area contributed by atoms with Crippen LogP contribution in [0.1, 0.15) is 0 Å². The van der Waals surface area contributed by atoms with Crippen LogP contribution in [0.3, 0.4) is 0 Å². The molecule has 8 heteroatoms. The number of nitrogens with zero attached hydrogens (tertiary/aromatic N) is 5. The molecule has 0 amide bonds. The van der Waals surface area contributed by atoms with E-state index in [0.717, 1.165) is 29.9 Å². The Bertz CT molecular complexity index is 803. The molecule has 0 unspecified atom stereocenters. The first-order valence-corrected chi connectivity index (χ1v) is 7.58. The van der Waals surface area contributed by atoms with Crippen molar-refractivity contribution in [2.45, 2.75) is 6.10 Å². The number of ether oxygens (including phenoxy) is 2. The third kappa shape index (κ3) is 2.90. The minimum absolute atomic E-state index is 0.0761. The Hall–Kier alpha value is -2.45. The van der Waals surface area contributed by atoms with Crippen LogP contribution in [0.25, 0.3) is 16.8 Å². The second-order valence-corrected chi connectivity index (χ2v) is 5.51. The predicted molar refractivity (Wildman–Crippen MR) is 83.3 cm³/mol. The fourth-order valence-electron chi connectivity index (χ4n) is 2.59. The number of hydrogen-bond donors (Lipinski definition) is 1. The molecular formula is C15H18N6O2. The zero-order valence-corrected chi connectivity index (χ0v) is 12.8. The minimum atomic E-state index is -0.0761. The number of aromatic nitrogens is 5. The number of hydrogen-bond acceptors (Lipinski definition) is 6. The van der Waals surface area contributed by atoms with Crippen molar-refractivity contribution < 1.29 is 9.47 Å². The standard InChI is InChI=1S/C15H18N6O2/c1-20-8-11(6-18-20)13-9-21-14(2-3-17-21)15(19-13)23-12-7-16-4-5-22-10-12/h2-3,6,8-9,12,16H,4-5,7,10H2,1H3/t12-/m1/s1. The van der Waals surface area contributed by atoms with Gasteiger partial charge in [-0.05, 0) is 6.07 Å². The summed E-state index contributed by atoms with van der Waals surface area (Å²) in [7, 11) is 1.88. The topological polar surface area (TPSA) is 78.5 Å². The van der Waals surface area contributed by atoms with Crippen LogP contribution < -0.4 is 10.1 Å². The molecule has 1 fully saturated rings. The summed E-state index contributed by atoms with van der Waals surface area (Å²) in [6.45, 7) is 2.82. The van der Waals surface area contributed by atoms with E-state index in [9.17, 15) is 0 Å². The molecule has 4 rings (SSSR count). The van der Waals surface area contributed by atoms with Gasteiger partial charge >= 0.3 is 0 Å². The van der Waals surface area contributed by atoms with E-state index in [1.807, 2.05) is 25.5 Å². The molecule has 8 nitrogen and oxygen atoms in total. The summed E-state index contributed by atoms with van der Waals surface area (Å²) < 4.78 is 15.1. The van der Waals surface area contributed by atoms with Gasteiger partial charge in [0, 0.05) is 31.9 Å². The first kappa shape index (κ1) is 14.2. The number of fused-ring (bicyclic) bond motifs is 1. The van der Waals surface area contributed by atoms with Crippen molar-refractivity contribution in [2.24, 2.45) is 7.05 Å². The summed E-state index contributed by atoms with van der Waals surface area (Å²) in [6, 6.07) is 1.89. The molecule has 1 aliphatic rings. The maximum absolute atomic E-state index is 6.09. The Morgan fingerprint density at radius 3 is 3.17 bits per heavy atom. The number of rotatable bonds is 3. The van der Waals surface area contributed by atoms with Gasteiger partial charge in [0.2, 0.25) is 5.88 Å². The zero-order chi connectivity index (χ0) is 15.6. The van der Waals surface area contributed by atoms with Crippen LogP contribution >= 0.6 is 0 Å². The molecule has 1 atom stereocenters. The van der Waals surface area contributed by atoms with Gasteiger partial charge in [-0.3, -0.25) is 4.68 Å². The highest BCUT2D eigenvalue weighted by Crippen LogP contribution is 2.24. The molecule has 0 bridgehead atoms. The quantitative estimate of drug-likeness (QED) is 0.758. The molecule has 0 saturated carbocycles. The summed E-state index contributed by atoms with van der Waals surface area (Å²) in [4.78, 5) is 4.66. The number of aryl methyl sites for hydroxylation is 1. The lowest BCUT2D eigenvalue weighted by Crippen LogP contribution is -2.32. The molecule has 120 valence electrons. The van der Waals surface area contributed by atoms with Crippen molar-refractivity contribution in [1.82, 2.24) is 29.7 Å². The monoisotopic (exact) mass is 314 g/mol. The smallest absolute Gasteiger partial charge is 0.241 e. The molecule has 0 radical (unpaired) electrons. The van der Waals surface area contributed by atoms with Crippen LogP contribution in [0.2, 0.25) is 0 Å². The SMILES string of the molecule is Cn1cc(-c2cn3nccc3c(O[C@@H]3CNCCOC3)n2)cn1. The van der Waals surface area contributed by atoms with E-state index in [2.05, 4.69) is 20.5 Å². The van der Waals surface area contributed by atoms with E-state index in [0.29, 0.717) is 19.1 Å². The minimum Gasteiger partial charge on any atom is -0.469 e. The van der Waals surface area contributed by atoms with Crippen LogP contribution in [0.5, 0.6) is 5.88 Å². The third-order valence-corrected chi connectivity index (χ3v) is 3.73. The molecule has 4 heterocycles. The summed E-state index contributed by atoms with van der Waals surface area (Å²) in [5, 5.41) is 11.8. The summed E-state index contributed by atoms with van der Waals surface area (Å²) in [5.41, 5.74) is 2.53. The highest BCUT2D eigenvalue weighted by molar-refractivity contribution is 5.63. The first-order chi connectivity index (χ1) is 11.3. The lowest BCUT2D eigenvalue weighted by molar-refractivity contribution is 0.0711. The van der Waals surface area contributed by atoms with Gasteiger partial charge in [-0.2, -0.15) is 10.2 Å². The molecule has 1 saturated heterocycles. The van der Waals surface area contributed by atoms with Crippen LogP contribution in [0.4, 0.5) is 0 Å². The van der Waals surface area contributed by atoms with Gasteiger partial charge in [-0.15, -0.1) is 0 Å². The lowest BCUT2D eigenvalue weighted by atomic mass is 10.2. The van der Waals surface area contributed by atoms with Gasteiger partial charge in [0.15, 0.2) is 0 Å². The van der Waals surface area contributed by atoms with Crippen LogP contribution in [0, 0.1) is 0 Å². The van der Waals surface area contributed by atoms with Crippen LogP contribution in [-0.2, 0) is 11.8 Å². The van der Waals surface area contributed by atoms with Gasteiger partial charge in [0.05, 0.1) is 37.5 Å². The van der Waals surface area contributed by atoms with Crippen molar-refractivity contribution in [2.75, 3.05) is 26.3 Å². The van der Waals surface area contributed by atoms with E-state index >= 15 is 0 Å². The highest BCUT2D eigenvalue weighted by Gasteiger charge is 2.18. The average Bonchev–Trinajstić information content (AvgIpc) is 3.11. The van der Waals surface area contributed by atoms with Crippen LogP contribution in [0.15, 0.2) is 30.9 Å². The van der Waals surface area contributed by atoms with Gasteiger partial charge in [0.25, 0.3) is 0 Å². The van der Waals surface area contributed by atoms with E-state index < -0.39 is 0 Å². The summed E-state index contributed by atoms with van der Waals surface area (Å²) in [5.74, 6) is 0.557. The Labute approximate surface area is 133 Å². The molecule has 23 heavy (non-hydrogen) atoms. The molecular weight excluding hydrogens is 296 g/mol. The van der Waals surface area contributed by atoms with Gasteiger partial charge in [-0.25, -0.2) is 9.50 Å². The second kappa shape index (κ2) is 5.98. The molecule has 1 aliphatic heterocycles. The van der Waals surface area contributed by atoms with E-state index in [1.54, 1.807) is 21.6 Å².